The minimum absolute atomic E-state index is 0.141. The molecule has 1 aliphatic rings. The van der Waals surface area contributed by atoms with E-state index >= 15 is 0 Å². The minimum atomic E-state index is -0.981. The Balaban J connectivity index is 2.14. The Hall–Kier alpha value is -1.20. The summed E-state index contributed by atoms with van der Waals surface area (Å²) in [6.45, 7) is 1.98. The molecule has 0 bridgehead atoms. The van der Waals surface area contributed by atoms with Crippen molar-refractivity contribution >= 4 is 17.7 Å². The Labute approximate surface area is 104 Å². The van der Waals surface area contributed by atoms with Gasteiger partial charge in [0, 0.05) is 5.56 Å². The Morgan fingerprint density at radius 1 is 1.59 bits per heavy atom. The van der Waals surface area contributed by atoms with Crippen LogP contribution in [0.3, 0.4) is 0 Å². The molecule has 0 aromatic heterocycles. The molecule has 1 heterocycles. The second-order valence-corrected chi connectivity index (χ2v) is 5.28. The van der Waals surface area contributed by atoms with Crippen molar-refractivity contribution < 1.29 is 20.0 Å². The van der Waals surface area contributed by atoms with Gasteiger partial charge >= 0.3 is 0 Å². The van der Waals surface area contributed by atoms with E-state index in [1.165, 1.54) is 0 Å². The summed E-state index contributed by atoms with van der Waals surface area (Å²) in [5.74, 6) is 0.469. The summed E-state index contributed by atoms with van der Waals surface area (Å²) in [5.41, 5.74) is 2.19. The average Bonchev–Trinajstić information content (AvgIpc) is 2.78. The molecule has 1 fully saturated rings. The highest BCUT2D eigenvalue weighted by Gasteiger charge is 2.30. The molecule has 1 saturated heterocycles. The lowest BCUT2D eigenvalue weighted by Crippen LogP contribution is -2.90. The normalized spacial score (nSPS) is 23.6. The number of thioether (sulfide) groups is 1. The molecule has 1 aliphatic heterocycles. The van der Waals surface area contributed by atoms with Gasteiger partial charge in [0.1, 0.15) is 17.8 Å². The molecule has 4 nitrogen and oxygen atoms in total. The number of benzene rings is 1. The first-order chi connectivity index (χ1) is 8.11. The molecule has 0 saturated carbocycles. The Kier molecular flexibility index (Phi) is 3.59. The van der Waals surface area contributed by atoms with E-state index in [2.05, 4.69) is 0 Å². The molecule has 2 atom stereocenters. The first kappa shape index (κ1) is 12.3. The molecule has 2 rings (SSSR count). The number of carboxylic acid groups (broad SMARTS) is 1. The van der Waals surface area contributed by atoms with Crippen molar-refractivity contribution in [1.82, 2.24) is 0 Å². The van der Waals surface area contributed by atoms with Gasteiger partial charge in [0.05, 0.1) is 12.9 Å². The molecule has 0 spiro atoms. The highest BCUT2D eigenvalue weighted by Crippen LogP contribution is 2.29. The lowest BCUT2D eigenvalue weighted by atomic mass is 10.1. The number of hydrogen-bond acceptors (Lipinski definition) is 4. The van der Waals surface area contributed by atoms with Crippen LogP contribution in [0.15, 0.2) is 18.2 Å². The van der Waals surface area contributed by atoms with E-state index in [0.29, 0.717) is 5.75 Å². The lowest BCUT2D eigenvalue weighted by Gasteiger charge is -2.12. The van der Waals surface area contributed by atoms with Gasteiger partial charge < -0.3 is 20.0 Å². The number of aliphatic carboxylic acids is 1. The molecule has 5 heteroatoms. The van der Waals surface area contributed by atoms with Crippen LogP contribution < -0.4 is 15.2 Å². The fourth-order valence-electron chi connectivity index (χ4n) is 1.96. The zero-order chi connectivity index (χ0) is 12.4. The third-order valence-electron chi connectivity index (χ3n) is 2.91. The number of hydrogen-bond donors (Lipinski definition) is 1. The van der Waals surface area contributed by atoms with E-state index in [9.17, 15) is 9.90 Å². The van der Waals surface area contributed by atoms with E-state index < -0.39 is 12.0 Å². The third-order valence-corrected chi connectivity index (χ3v) is 4.25. The van der Waals surface area contributed by atoms with Crippen LogP contribution in [0.4, 0.5) is 0 Å². The molecule has 2 N–H and O–H groups in total. The van der Waals surface area contributed by atoms with Gasteiger partial charge in [-0.15, -0.1) is 0 Å². The highest BCUT2D eigenvalue weighted by atomic mass is 32.2. The van der Waals surface area contributed by atoms with Crippen LogP contribution in [0.2, 0.25) is 0 Å². The molecule has 0 amide bonds. The van der Waals surface area contributed by atoms with Gasteiger partial charge in [-0.3, -0.25) is 0 Å². The Morgan fingerprint density at radius 2 is 2.35 bits per heavy atom. The van der Waals surface area contributed by atoms with Crippen LogP contribution in [-0.4, -0.2) is 24.9 Å². The number of carboxylic acids is 1. The number of ether oxygens (including phenoxy) is 1. The Morgan fingerprint density at radius 3 is 2.88 bits per heavy atom. The van der Waals surface area contributed by atoms with Crippen molar-refractivity contribution in [2.75, 3.05) is 12.9 Å². The van der Waals surface area contributed by atoms with Crippen molar-refractivity contribution in [1.29, 1.82) is 0 Å². The fraction of sp³-hybridized carbons (Fsp3) is 0.417. The van der Waals surface area contributed by atoms with Crippen LogP contribution >= 0.6 is 11.8 Å². The maximum absolute atomic E-state index is 10.8. The number of methoxy groups -OCH3 is 1. The maximum Gasteiger partial charge on any atom is 0.159 e. The standard InChI is InChI=1S/C12H15NO3S/c1-7-5-8(3-4-10(7)16-2)11-13-9(6-17-11)12(14)15/h3-5,9,11,13H,6H2,1-2H3,(H,14,15). The number of aryl methyl sites for hydroxylation is 1. The van der Waals surface area contributed by atoms with Crippen molar-refractivity contribution in [3.05, 3.63) is 29.3 Å². The van der Waals surface area contributed by atoms with Crippen molar-refractivity contribution in [2.24, 2.45) is 0 Å². The number of quaternary nitrogens is 1. The summed E-state index contributed by atoms with van der Waals surface area (Å²) in [6, 6.07) is 5.51. The zero-order valence-corrected chi connectivity index (χ0v) is 10.6. The number of carbonyl (C=O) groups is 1. The monoisotopic (exact) mass is 253 g/mol. The summed E-state index contributed by atoms with van der Waals surface area (Å²) >= 11 is 1.64. The largest absolute Gasteiger partial charge is 0.544 e. The number of nitrogens with two attached hydrogens (primary N) is 1. The van der Waals surface area contributed by atoms with Gasteiger partial charge in [0.25, 0.3) is 0 Å². The quantitative estimate of drug-likeness (QED) is 0.783. The predicted octanol–water partition coefficient (Wildman–Crippen LogP) is -0.569. The molecular formula is C12H15NO3S. The first-order valence-electron chi connectivity index (χ1n) is 5.44. The molecular weight excluding hydrogens is 238 g/mol. The fourth-order valence-corrected chi connectivity index (χ4v) is 3.26. The van der Waals surface area contributed by atoms with Crippen LogP contribution in [0.5, 0.6) is 5.75 Å². The number of carbonyl (C=O) groups excluding carboxylic acids is 1. The van der Waals surface area contributed by atoms with Crippen LogP contribution in [0.1, 0.15) is 16.5 Å². The SMILES string of the molecule is COc1ccc(C2[NH2+]C(C(=O)[O-])CS2)cc1C. The summed E-state index contributed by atoms with van der Waals surface area (Å²) in [4.78, 5) is 10.8. The highest BCUT2D eigenvalue weighted by molar-refractivity contribution is 7.99. The van der Waals surface area contributed by atoms with Gasteiger partial charge in [-0.05, 0) is 30.7 Å². The summed E-state index contributed by atoms with van der Waals surface area (Å²) in [6.07, 6.45) is 0. The first-order valence-corrected chi connectivity index (χ1v) is 6.48. The predicted molar refractivity (Wildman–Crippen MR) is 63.7 cm³/mol. The summed E-state index contributed by atoms with van der Waals surface area (Å²) in [5, 5.41) is 12.8. The molecule has 0 aliphatic carbocycles. The van der Waals surface area contributed by atoms with Gasteiger partial charge in [0.2, 0.25) is 0 Å². The molecule has 92 valence electrons. The topological polar surface area (TPSA) is 66.0 Å². The second-order valence-electron chi connectivity index (χ2n) is 4.10. The maximum atomic E-state index is 10.8. The van der Waals surface area contributed by atoms with Gasteiger partial charge in [0.15, 0.2) is 5.37 Å². The van der Waals surface area contributed by atoms with E-state index in [4.69, 9.17) is 4.74 Å². The van der Waals surface area contributed by atoms with Gasteiger partial charge in [-0.2, -0.15) is 0 Å². The molecule has 1 aromatic rings. The van der Waals surface area contributed by atoms with E-state index in [0.717, 1.165) is 16.9 Å². The molecule has 1 aromatic carbocycles. The number of rotatable bonds is 3. The van der Waals surface area contributed by atoms with Crippen LogP contribution in [0.25, 0.3) is 0 Å². The average molecular weight is 253 g/mol. The van der Waals surface area contributed by atoms with Crippen molar-refractivity contribution in [3.63, 3.8) is 0 Å². The second kappa shape index (κ2) is 4.98. The van der Waals surface area contributed by atoms with Crippen LogP contribution in [0, 0.1) is 6.92 Å². The Bertz CT molecular complexity index is 436. The van der Waals surface area contributed by atoms with E-state index in [1.54, 1.807) is 18.9 Å². The summed E-state index contributed by atoms with van der Waals surface area (Å²) in [7, 11) is 1.64. The van der Waals surface area contributed by atoms with E-state index in [-0.39, 0.29) is 5.37 Å². The summed E-state index contributed by atoms with van der Waals surface area (Å²) < 4.78 is 5.20. The van der Waals surface area contributed by atoms with E-state index in [1.807, 2.05) is 30.4 Å². The lowest BCUT2D eigenvalue weighted by molar-refractivity contribution is -0.690. The third kappa shape index (κ3) is 2.56. The molecule has 0 radical (unpaired) electrons. The van der Waals surface area contributed by atoms with Crippen molar-refractivity contribution in [2.45, 2.75) is 18.3 Å². The van der Waals surface area contributed by atoms with Gasteiger partial charge in [-0.25, -0.2) is 0 Å². The molecule has 2 unspecified atom stereocenters. The molecule has 17 heavy (non-hydrogen) atoms. The van der Waals surface area contributed by atoms with Crippen LogP contribution in [-0.2, 0) is 4.79 Å². The smallest absolute Gasteiger partial charge is 0.159 e. The van der Waals surface area contributed by atoms with Gasteiger partial charge in [-0.1, -0.05) is 11.8 Å². The minimum Gasteiger partial charge on any atom is -0.544 e. The zero-order valence-electron chi connectivity index (χ0n) is 9.80. The van der Waals surface area contributed by atoms with Crippen molar-refractivity contribution in [3.8, 4) is 5.75 Å².